The van der Waals surface area contributed by atoms with Crippen molar-refractivity contribution in [3.63, 3.8) is 0 Å². The van der Waals surface area contributed by atoms with Crippen molar-refractivity contribution in [1.82, 2.24) is 9.78 Å². The van der Waals surface area contributed by atoms with Gasteiger partial charge >= 0.3 is 6.61 Å². The SMILES string of the molecule is Nc1nn(Cc2ccc(OC(F)F)cc2)c2ccccc12. The number of alkyl halides is 2. The molecule has 0 saturated carbocycles. The van der Waals surface area contributed by atoms with E-state index in [1.54, 1.807) is 16.8 Å². The van der Waals surface area contributed by atoms with Gasteiger partial charge in [0.2, 0.25) is 0 Å². The Balaban J connectivity index is 1.85. The second kappa shape index (κ2) is 5.40. The number of halogens is 2. The van der Waals surface area contributed by atoms with Gasteiger partial charge in [-0.3, -0.25) is 4.68 Å². The summed E-state index contributed by atoms with van der Waals surface area (Å²) in [6.07, 6.45) is 0. The number of aromatic nitrogens is 2. The summed E-state index contributed by atoms with van der Waals surface area (Å²) >= 11 is 0. The molecule has 4 nitrogen and oxygen atoms in total. The summed E-state index contributed by atoms with van der Waals surface area (Å²) in [6.45, 7) is -2.31. The van der Waals surface area contributed by atoms with Crippen LogP contribution in [0.1, 0.15) is 5.56 Å². The molecule has 0 fully saturated rings. The molecule has 0 atom stereocenters. The van der Waals surface area contributed by atoms with Gasteiger partial charge < -0.3 is 10.5 Å². The van der Waals surface area contributed by atoms with Crippen LogP contribution in [0.25, 0.3) is 10.9 Å². The Bertz CT molecular complexity index is 753. The smallest absolute Gasteiger partial charge is 0.387 e. The third-order valence-electron chi connectivity index (χ3n) is 3.17. The first-order valence-corrected chi connectivity index (χ1v) is 6.38. The minimum Gasteiger partial charge on any atom is -0.435 e. The highest BCUT2D eigenvalue weighted by atomic mass is 19.3. The number of fused-ring (bicyclic) bond motifs is 1. The van der Waals surface area contributed by atoms with Crippen molar-refractivity contribution < 1.29 is 13.5 Å². The van der Waals surface area contributed by atoms with Crippen molar-refractivity contribution in [2.24, 2.45) is 0 Å². The molecule has 0 bridgehead atoms. The molecule has 3 rings (SSSR count). The van der Waals surface area contributed by atoms with Crippen LogP contribution in [0.4, 0.5) is 14.6 Å². The van der Waals surface area contributed by atoms with Gasteiger partial charge in [0.05, 0.1) is 12.1 Å². The molecule has 1 aromatic heterocycles. The van der Waals surface area contributed by atoms with E-state index >= 15 is 0 Å². The maximum Gasteiger partial charge on any atom is 0.387 e. The fraction of sp³-hybridized carbons (Fsp3) is 0.133. The number of hydrogen-bond donors (Lipinski definition) is 1. The maximum absolute atomic E-state index is 12.1. The van der Waals surface area contributed by atoms with Gasteiger partial charge in [-0.25, -0.2) is 0 Å². The molecule has 108 valence electrons. The predicted octanol–water partition coefficient (Wildman–Crippen LogP) is 3.27. The highest BCUT2D eigenvalue weighted by Gasteiger charge is 2.08. The second-order valence-corrected chi connectivity index (χ2v) is 4.58. The standard InChI is InChI=1S/C15H13F2N3O/c16-15(17)21-11-7-5-10(6-8-11)9-20-13-4-2-1-3-12(13)14(18)19-20/h1-8,15H,9H2,(H2,18,19). The van der Waals surface area contributed by atoms with E-state index in [1.165, 1.54) is 12.1 Å². The number of nitrogen functional groups attached to an aromatic ring is 1. The van der Waals surface area contributed by atoms with Crippen molar-refractivity contribution >= 4 is 16.7 Å². The number of benzene rings is 2. The minimum absolute atomic E-state index is 0.138. The number of para-hydroxylation sites is 1. The number of nitrogens with zero attached hydrogens (tertiary/aromatic N) is 2. The molecule has 0 aliphatic rings. The molecule has 0 aliphatic carbocycles. The van der Waals surface area contributed by atoms with Gasteiger partial charge in [-0.15, -0.1) is 0 Å². The van der Waals surface area contributed by atoms with Gasteiger partial charge in [-0.2, -0.15) is 13.9 Å². The Labute approximate surface area is 119 Å². The molecule has 0 amide bonds. The third-order valence-corrected chi connectivity index (χ3v) is 3.17. The quantitative estimate of drug-likeness (QED) is 0.802. The van der Waals surface area contributed by atoms with Crippen LogP contribution in [0.5, 0.6) is 5.75 Å². The minimum atomic E-state index is -2.81. The summed E-state index contributed by atoms with van der Waals surface area (Å²) in [5.74, 6) is 0.613. The molecular weight excluding hydrogens is 276 g/mol. The molecule has 2 N–H and O–H groups in total. The Morgan fingerprint density at radius 3 is 2.52 bits per heavy atom. The van der Waals surface area contributed by atoms with E-state index in [1.807, 2.05) is 24.3 Å². The molecule has 0 radical (unpaired) electrons. The van der Waals surface area contributed by atoms with E-state index in [-0.39, 0.29) is 5.75 Å². The summed E-state index contributed by atoms with van der Waals surface area (Å²) in [6, 6.07) is 14.1. The molecule has 0 aliphatic heterocycles. The Morgan fingerprint density at radius 1 is 1.10 bits per heavy atom. The fourth-order valence-corrected chi connectivity index (χ4v) is 2.22. The molecule has 3 aromatic rings. The lowest BCUT2D eigenvalue weighted by atomic mass is 10.2. The van der Waals surface area contributed by atoms with Crippen molar-refractivity contribution in [1.29, 1.82) is 0 Å². The maximum atomic E-state index is 12.1. The number of ether oxygens (including phenoxy) is 1. The molecule has 2 aromatic carbocycles. The first kappa shape index (κ1) is 13.4. The van der Waals surface area contributed by atoms with Gasteiger partial charge in [0.15, 0.2) is 5.82 Å². The van der Waals surface area contributed by atoms with Crippen LogP contribution in [0.3, 0.4) is 0 Å². The van der Waals surface area contributed by atoms with Gasteiger partial charge in [0.1, 0.15) is 5.75 Å². The monoisotopic (exact) mass is 289 g/mol. The number of rotatable bonds is 4. The first-order chi connectivity index (χ1) is 10.1. The van der Waals surface area contributed by atoms with Crippen LogP contribution in [0, 0.1) is 0 Å². The van der Waals surface area contributed by atoms with Crippen LogP contribution in [-0.4, -0.2) is 16.4 Å². The molecule has 21 heavy (non-hydrogen) atoms. The van der Waals surface area contributed by atoms with E-state index < -0.39 is 6.61 Å². The Hall–Kier alpha value is -2.63. The van der Waals surface area contributed by atoms with E-state index in [2.05, 4.69) is 9.84 Å². The van der Waals surface area contributed by atoms with E-state index in [0.29, 0.717) is 12.4 Å². The van der Waals surface area contributed by atoms with Crippen LogP contribution in [-0.2, 0) is 6.54 Å². The molecular formula is C15H13F2N3O. The zero-order valence-corrected chi connectivity index (χ0v) is 11.0. The van der Waals surface area contributed by atoms with Gasteiger partial charge in [-0.1, -0.05) is 24.3 Å². The largest absolute Gasteiger partial charge is 0.435 e. The third kappa shape index (κ3) is 2.79. The number of anilines is 1. The van der Waals surface area contributed by atoms with E-state index in [9.17, 15) is 8.78 Å². The molecule has 0 spiro atoms. The van der Waals surface area contributed by atoms with Gasteiger partial charge in [0, 0.05) is 5.39 Å². The van der Waals surface area contributed by atoms with Crippen molar-refractivity contribution in [2.75, 3.05) is 5.73 Å². The lowest BCUT2D eigenvalue weighted by molar-refractivity contribution is -0.0498. The predicted molar refractivity (Wildman–Crippen MR) is 76.3 cm³/mol. The summed E-state index contributed by atoms with van der Waals surface area (Å²) in [4.78, 5) is 0. The Kier molecular flexibility index (Phi) is 3.43. The first-order valence-electron chi connectivity index (χ1n) is 6.38. The lowest BCUT2D eigenvalue weighted by Crippen LogP contribution is -2.04. The lowest BCUT2D eigenvalue weighted by Gasteiger charge is -2.06. The molecule has 1 heterocycles. The number of hydrogen-bond acceptors (Lipinski definition) is 3. The summed E-state index contributed by atoms with van der Waals surface area (Å²) < 4.78 is 30.3. The zero-order chi connectivity index (χ0) is 14.8. The summed E-state index contributed by atoms with van der Waals surface area (Å²) in [5, 5.41) is 5.20. The van der Waals surface area contributed by atoms with Crippen LogP contribution in [0.15, 0.2) is 48.5 Å². The average Bonchev–Trinajstić information content (AvgIpc) is 2.78. The van der Waals surface area contributed by atoms with Crippen LogP contribution >= 0.6 is 0 Å². The highest BCUT2D eigenvalue weighted by Crippen LogP contribution is 2.21. The summed E-state index contributed by atoms with van der Waals surface area (Å²) in [7, 11) is 0. The van der Waals surface area contributed by atoms with Crippen molar-refractivity contribution in [2.45, 2.75) is 13.2 Å². The fourth-order valence-electron chi connectivity index (χ4n) is 2.22. The average molecular weight is 289 g/mol. The topological polar surface area (TPSA) is 53.1 Å². The molecule has 6 heteroatoms. The van der Waals surface area contributed by atoms with E-state index in [4.69, 9.17) is 5.73 Å². The number of nitrogens with two attached hydrogens (primary N) is 1. The van der Waals surface area contributed by atoms with Gasteiger partial charge in [0.25, 0.3) is 0 Å². The molecule has 0 unspecified atom stereocenters. The van der Waals surface area contributed by atoms with Crippen molar-refractivity contribution in [3.8, 4) is 5.75 Å². The van der Waals surface area contributed by atoms with Gasteiger partial charge in [-0.05, 0) is 29.8 Å². The molecule has 0 saturated heterocycles. The van der Waals surface area contributed by atoms with Crippen LogP contribution < -0.4 is 10.5 Å². The van der Waals surface area contributed by atoms with Crippen LogP contribution in [0.2, 0.25) is 0 Å². The van der Waals surface area contributed by atoms with Crippen molar-refractivity contribution in [3.05, 3.63) is 54.1 Å². The second-order valence-electron chi connectivity index (χ2n) is 4.58. The van der Waals surface area contributed by atoms with E-state index in [0.717, 1.165) is 16.5 Å². The highest BCUT2D eigenvalue weighted by molar-refractivity contribution is 5.89. The Morgan fingerprint density at radius 2 is 1.81 bits per heavy atom. The summed E-state index contributed by atoms with van der Waals surface area (Å²) in [5.41, 5.74) is 7.73. The zero-order valence-electron chi connectivity index (χ0n) is 11.0. The normalized spacial score (nSPS) is 11.2.